The lowest BCUT2D eigenvalue weighted by Crippen LogP contribution is -2.01. The van der Waals surface area contributed by atoms with Crippen LogP contribution in [0.2, 0.25) is 0 Å². The van der Waals surface area contributed by atoms with Gasteiger partial charge in [0.2, 0.25) is 0 Å². The second-order valence-electron chi connectivity index (χ2n) is 2.38. The second-order valence-corrected chi connectivity index (χ2v) is 3.98. The van der Waals surface area contributed by atoms with Crippen LogP contribution in [0.3, 0.4) is 0 Å². The quantitative estimate of drug-likeness (QED) is 0.789. The first-order chi connectivity index (χ1) is 6.15. The molecule has 0 unspecified atom stereocenters. The van der Waals surface area contributed by atoms with Crippen molar-refractivity contribution in [3.8, 4) is 5.75 Å². The number of halogens is 2. The Bertz CT molecular complexity index is 325. The number of rotatable bonds is 3. The van der Waals surface area contributed by atoms with E-state index in [1.807, 2.05) is 12.1 Å². The van der Waals surface area contributed by atoms with Crippen LogP contribution in [0, 0.1) is 3.57 Å². The average Bonchev–Trinajstić information content (AvgIpc) is 2.03. The van der Waals surface area contributed by atoms with E-state index < -0.39 is 5.97 Å². The molecule has 0 atom stereocenters. The summed E-state index contributed by atoms with van der Waals surface area (Å²) in [6.07, 6.45) is -0.00479. The zero-order chi connectivity index (χ0) is 9.84. The minimum absolute atomic E-state index is 0.00479. The van der Waals surface area contributed by atoms with Crippen LogP contribution in [0.5, 0.6) is 5.75 Å². The molecule has 0 heterocycles. The van der Waals surface area contributed by atoms with Crippen LogP contribution in [0.15, 0.2) is 18.2 Å². The predicted octanol–water partition coefficient (Wildman–Crippen LogP) is 2.65. The largest absolute Gasteiger partial charge is 0.481 e. The fourth-order valence-electron chi connectivity index (χ4n) is 0.942. The van der Waals surface area contributed by atoms with Crippen LogP contribution in [0.1, 0.15) is 5.56 Å². The van der Waals surface area contributed by atoms with Gasteiger partial charge in [0.05, 0.1) is 9.99 Å². The van der Waals surface area contributed by atoms with E-state index in [4.69, 9.17) is 8.17 Å². The van der Waals surface area contributed by atoms with Gasteiger partial charge in [-0.1, -0.05) is 12.1 Å². The van der Waals surface area contributed by atoms with Crippen molar-refractivity contribution in [3.63, 3.8) is 0 Å². The molecule has 0 aromatic heterocycles. The number of benzene rings is 1. The van der Waals surface area contributed by atoms with Gasteiger partial charge in [0.15, 0.2) is 28.8 Å². The van der Waals surface area contributed by atoms with Crippen LogP contribution in [0.4, 0.5) is 0 Å². The van der Waals surface area contributed by atoms with E-state index in [-0.39, 0.29) is 6.42 Å². The molecule has 0 fully saturated rings. The molecule has 0 aliphatic heterocycles. The Morgan fingerprint density at radius 1 is 1.54 bits per heavy atom. The Balaban J connectivity index is 3.05. The van der Waals surface area contributed by atoms with Crippen LogP contribution < -0.4 is 3.07 Å². The molecule has 0 aliphatic rings. The van der Waals surface area contributed by atoms with E-state index in [0.717, 1.165) is 3.57 Å². The number of hydrogen-bond acceptors (Lipinski definition) is 2. The molecule has 0 aliphatic carbocycles. The summed E-state index contributed by atoms with van der Waals surface area (Å²) < 4.78 is 6.00. The summed E-state index contributed by atoms with van der Waals surface area (Å²) >= 11 is 3.86. The minimum Gasteiger partial charge on any atom is -0.481 e. The third kappa shape index (κ3) is 2.97. The van der Waals surface area contributed by atoms with E-state index in [1.54, 1.807) is 29.1 Å². The van der Waals surface area contributed by atoms with E-state index in [1.165, 1.54) is 0 Å². The number of carboxylic acids is 1. The lowest BCUT2D eigenvalue weighted by molar-refractivity contribution is -0.136. The Hall–Kier alpha value is -0.0500. The summed E-state index contributed by atoms with van der Waals surface area (Å²) in [5.74, 6) is -0.206. The van der Waals surface area contributed by atoms with Gasteiger partial charge in [-0.25, -0.2) is 0 Å². The van der Waals surface area contributed by atoms with Crippen LogP contribution in [0.25, 0.3) is 0 Å². The van der Waals surface area contributed by atoms with Crippen molar-refractivity contribution in [2.45, 2.75) is 6.42 Å². The highest BCUT2D eigenvalue weighted by Gasteiger charge is 2.10. The molecule has 0 radical (unpaired) electrons. The van der Waals surface area contributed by atoms with E-state index in [9.17, 15) is 4.79 Å². The maximum absolute atomic E-state index is 10.5. The van der Waals surface area contributed by atoms with Gasteiger partial charge in [-0.3, -0.25) is 4.79 Å². The number of para-hydroxylation sites is 1. The van der Waals surface area contributed by atoms with Gasteiger partial charge >= 0.3 is 5.97 Å². The fraction of sp³-hybridized carbons (Fsp3) is 0.125. The molecule has 0 bridgehead atoms. The van der Waals surface area contributed by atoms with Gasteiger partial charge < -0.3 is 8.17 Å². The van der Waals surface area contributed by atoms with Gasteiger partial charge in [-0.15, -0.1) is 0 Å². The molecule has 1 N–H and O–H groups in total. The first-order valence-corrected chi connectivity index (χ1v) is 5.39. The lowest BCUT2D eigenvalue weighted by Gasteiger charge is -2.05. The predicted molar refractivity (Wildman–Crippen MR) is 65.1 cm³/mol. The van der Waals surface area contributed by atoms with Crippen LogP contribution in [-0.4, -0.2) is 11.1 Å². The van der Waals surface area contributed by atoms with Crippen molar-refractivity contribution in [1.29, 1.82) is 0 Å². The van der Waals surface area contributed by atoms with Gasteiger partial charge in [0.1, 0.15) is 0 Å². The van der Waals surface area contributed by atoms with Crippen molar-refractivity contribution in [2.75, 3.05) is 0 Å². The standard InChI is InChI=1S/C8H6I2O3/c9-6-3-1-2-5(4-7(11)12)8(6)13-10/h1-3H,4H2,(H,11,12). The number of carbonyl (C=O) groups is 1. The molecule has 5 heteroatoms. The van der Waals surface area contributed by atoms with Crippen molar-refractivity contribution in [1.82, 2.24) is 0 Å². The number of carboxylic acid groups (broad SMARTS) is 1. The zero-order valence-electron chi connectivity index (χ0n) is 6.46. The third-order valence-electron chi connectivity index (χ3n) is 1.47. The van der Waals surface area contributed by atoms with Crippen molar-refractivity contribution in [3.05, 3.63) is 27.3 Å². The smallest absolute Gasteiger partial charge is 0.307 e. The van der Waals surface area contributed by atoms with Crippen molar-refractivity contribution >= 4 is 51.6 Å². The summed E-state index contributed by atoms with van der Waals surface area (Å²) in [6, 6.07) is 5.45. The summed E-state index contributed by atoms with van der Waals surface area (Å²) in [5.41, 5.74) is 0.703. The highest BCUT2D eigenvalue weighted by Crippen LogP contribution is 2.27. The molecule has 1 aromatic rings. The summed E-state index contributed by atoms with van der Waals surface area (Å²) in [6.45, 7) is 0. The Kier molecular flexibility index (Phi) is 4.23. The maximum Gasteiger partial charge on any atom is 0.307 e. The van der Waals surface area contributed by atoms with E-state index in [2.05, 4.69) is 22.6 Å². The first kappa shape index (κ1) is 11.0. The SMILES string of the molecule is O=C(O)Cc1cccc(I)c1OI. The normalized spacial score (nSPS) is 9.69. The molecule has 0 saturated heterocycles. The molecule has 1 rings (SSSR count). The lowest BCUT2D eigenvalue weighted by atomic mass is 10.1. The van der Waals surface area contributed by atoms with Gasteiger partial charge in [0, 0.05) is 5.56 Å². The average molecular weight is 404 g/mol. The van der Waals surface area contributed by atoms with Crippen LogP contribution in [-0.2, 0) is 11.2 Å². The molecule has 0 saturated carbocycles. The van der Waals surface area contributed by atoms with E-state index >= 15 is 0 Å². The fourth-order valence-corrected chi connectivity index (χ4v) is 2.55. The topological polar surface area (TPSA) is 46.5 Å². The summed E-state index contributed by atoms with van der Waals surface area (Å²) in [4.78, 5) is 10.5. The molecule has 0 spiro atoms. The van der Waals surface area contributed by atoms with Gasteiger partial charge in [-0.2, -0.15) is 0 Å². The van der Waals surface area contributed by atoms with Crippen molar-refractivity contribution in [2.24, 2.45) is 0 Å². The van der Waals surface area contributed by atoms with Crippen LogP contribution >= 0.6 is 45.6 Å². The first-order valence-electron chi connectivity index (χ1n) is 3.43. The Morgan fingerprint density at radius 2 is 2.23 bits per heavy atom. The molecular formula is C8H6I2O3. The summed E-state index contributed by atoms with van der Waals surface area (Å²) in [5, 5.41) is 8.62. The third-order valence-corrected chi connectivity index (χ3v) is 2.76. The van der Waals surface area contributed by atoms with Gasteiger partial charge in [0.25, 0.3) is 0 Å². The number of hydrogen-bond donors (Lipinski definition) is 1. The molecular weight excluding hydrogens is 398 g/mol. The molecule has 3 nitrogen and oxygen atoms in total. The maximum atomic E-state index is 10.5. The highest BCUT2D eigenvalue weighted by atomic mass is 127. The minimum atomic E-state index is -0.850. The summed E-state index contributed by atoms with van der Waals surface area (Å²) in [7, 11) is 0. The molecule has 0 amide bonds. The zero-order valence-corrected chi connectivity index (χ0v) is 10.8. The molecule has 1 aromatic carbocycles. The highest BCUT2D eigenvalue weighted by molar-refractivity contribution is 14.1. The molecule has 13 heavy (non-hydrogen) atoms. The molecule has 70 valence electrons. The Labute approximate surface area is 103 Å². The second kappa shape index (κ2) is 4.99. The monoisotopic (exact) mass is 404 g/mol. The van der Waals surface area contributed by atoms with Crippen molar-refractivity contribution < 1.29 is 13.0 Å². The van der Waals surface area contributed by atoms with E-state index in [0.29, 0.717) is 11.3 Å². The Morgan fingerprint density at radius 3 is 2.77 bits per heavy atom. The van der Waals surface area contributed by atoms with Gasteiger partial charge in [-0.05, 0) is 28.7 Å². The number of aliphatic carboxylic acids is 1.